The van der Waals surface area contributed by atoms with Crippen LogP contribution in [0.25, 0.3) is 0 Å². The lowest BCUT2D eigenvalue weighted by Crippen LogP contribution is -2.40. The Balaban J connectivity index is 2.30. The normalized spacial score (nSPS) is 22.0. The molecule has 2 aliphatic carbocycles. The van der Waals surface area contributed by atoms with Gasteiger partial charge in [0.2, 0.25) is 0 Å². The minimum atomic E-state index is -1.18. The average molecular weight is 605 g/mol. The summed E-state index contributed by atoms with van der Waals surface area (Å²) in [5, 5.41) is 20.4. The number of hydrogen-bond donors (Lipinski definition) is 2. The molecule has 2 saturated carbocycles. The van der Waals surface area contributed by atoms with E-state index in [1.807, 2.05) is 0 Å². The highest BCUT2D eigenvalue weighted by molar-refractivity contribution is 5.92. The molecule has 0 aliphatic heterocycles. The highest BCUT2D eigenvalue weighted by Crippen LogP contribution is 2.48. The first-order valence-electron chi connectivity index (χ1n) is 18.0. The van der Waals surface area contributed by atoms with Crippen molar-refractivity contribution in [2.75, 3.05) is 0 Å². The number of carbonyl (C=O) groups is 3. The van der Waals surface area contributed by atoms with Gasteiger partial charge in [0.25, 0.3) is 0 Å². The van der Waals surface area contributed by atoms with Crippen LogP contribution in [-0.4, -0.2) is 34.2 Å². The van der Waals surface area contributed by atoms with Crippen LogP contribution >= 0.6 is 0 Å². The highest BCUT2D eigenvalue weighted by atomic mass is 16.5. The minimum Gasteiger partial charge on any atom is -0.481 e. The number of carbonyl (C=O) groups excluding carboxylic acids is 1. The van der Waals surface area contributed by atoms with E-state index >= 15 is 0 Å². The Morgan fingerprint density at radius 1 is 0.674 bits per heavy atom. The van der Waals surface area contributed by atoms with E-state index in [2.05, 4.69) is 27.7 Å². The van der Waals surface area contributed by atoms with Crippen molar-refractivity contribution < 1.29 is 29.3 Å². The van der Waals surface area contributed by atoms with Crippen molar-refractivity contribution in [3.05, 3.63) is 11.1 Å². The second kappa shape index (κ2) is 20.2. The number of esters is 1. The van der Waals surface area contributed by atoms with E-state index in [0.717, 1.165) is 69.8 Å². The third kappa shape index (κ3) is 13.4. The molecule has 6 nitrogen and oxygen atoms in total. The Morgan fingerprint density at radius 3 is 1.65 bits per heavy atom. The molecule has 0 atom stereocenters. The zero-order chi connectivity index (χ0) is 31.7. The van der Waals surface area contributed by atoms with E-state index in [9.17, 15) is 24.6 Å². The quantitative estimate of drug-likeness (QED) is 0.0768. The van der Waals surface area contributed by atoms with Crippen LogP contribution in [0.2, 0.25) is 0 Å². The molecule has 0 radical (unpaired) electrons. The molecule has 2 aliphatic rings. The lowest BCUT2D eigenvalue weighted by atomic mass is 9.63. The summed E-state index contributed by atoms with van der Waals surface area (Å²) in [5.74, 6) is -1.15. The summed E-state index contributed by atoms with van der Waals surface area (Å²) >= 11 is 0. The molecule has 0 aromatic carbocycles. The van der Waals surface area contributed by atoms with Crippen molar-refractivity contribution in [2.24, 2.45) is 23.2 Å². The molecule has 43 heavy (non-hydrogen) atoms. The van der Waals surface area contributed by atoms with Crippen LogP contribution < -0.4 is 0 Å². The summed E-state index contributed by atoms with van der Waals surface area (Å²) in [6, 6.07) is 0. The predicted octanol–water partition coefficient (Wildman–Crippen LogP) is 10.3. The van der Waals surface area contributed by atoms with Crippen LogP contribution in [-0.2, 0) is 19.1 Å². The lowest BCUT2D eigenvalue weighted by Gasteiger charge is -2.39. The number of unbranched alkanes of at least 4 members (excludes halogenated alkanes) is 8. The fourth-order valence-electron chi connectivity index (χ4n) is 7.23. The van der Waals surface area contributed by atoms with Crippen molar-refractivity contribution in [1.82, 2.24) is 0 Å². The highest BCUT2D eigenvalue weighted by Gasteiger charge is 2.47. The van der Waals surface area contributed by atoms with Gasteiger partial charge >= 0.3 is 17.9 Å². The number of hydrogen-bond acceptors (Lipinski definition) is 4. The number of carboxylic acids is 2. The van der Waals surface area contributed by atoms with Crippen LogP contribution in [0.5, 0.6) is 0 Å². The van der Waals surface area contributed by atoms with Crippen molar-refractivity contribution in [3.8, 4) is 0 Å². The molecule has 0 amide bonds. The zero-order valence-corrected chi connectivity index (χ0v) is 28.1. The van der Waals surface area contributed by atoms with Gasteiger partial charge in [-0.05, 0) is 94.5 Å². The lowest BCUT2D eigenvalue weighted by molar-refractivity contribution is -0.153. The molecule has 0 unspecified atom stereocenters. The third-order valence-corrected chi connectivity index (χ3v) is 10.0. The van der Waals surface area contributed by atoms with E-state index in [0.29, 0.717) is 43.1 Å². The van der Waals surface area contributed by atoms with E-state index < -0.39 is 23.3 Å². The van der Waals surface area contributed by atoms with E-state index in [1.54, 1.807) is 0 Å². The molecule has 0 spiro atoms. The molecule has 2 N–H and O–H groups in total. The maximum atomic E-state index is 13.9. The number of rotatable bonds is 21. The molecule has 0 bridgehead atoms. The second-order valence-electron chi connectivity index (χ2n) is 14.5. The van der Waals surface area contributed by atoms with Crippen molar-refractivity contribution in [1.29, 1.82) is 0 Å². The fraction of sp³-hybridized carbons (Fsp3) is 0.865. The minimum absolute atomic E-state index is 0.0852. The molecule has 248 valence electrons. The number of carboxylic acid groups (broad SMARTS) is 2. The Labute approximate surface area is 262 Å². The molecular formula is C37H64O6. The molecule has 6 heteroatoms. The van der Waals surface area contributed by atoms with Crippen LogP contribution in [0.1, 0.15) is 175 Å². The van der Waals surface area contributed by atoms with Gasteiger partial charge < -0.3 is 14.9 Å². The Bertz CT molecular complexity index is 858. The maximum absolute atomic E-state index is 13.9. The molecule has 2 rings (SSSR count). The first-order valence-corrected chi connectivity index (χ1v) is 18.0. The topological polar surface area (TPSA) is 101 Å². The van der Waals surface area contributed by atoms with Gasteiger partial charge in [-0.3, -0.25) is 9.59 Å². The Hall–Kier alpha value is -1.85. The maximum Gasteiger partial charge on any atom is 0.334 e. The summed E-state index contributed by atoms with van der Waals surface area (Å²) in [7, 11) is 0. The number of aliphatic carboxylic acids is 2. The predicted molar refractivity (Wildman–Crippen MR) is 174 cm³/mol. The zero-order valence-electron chi connectivity index (χ0n) is 28.1. The van der Waals surface area contributed by atoms with Crippen LogP contribution in [0.15, 0.2) is 11.1 Å². The van der Waals surface area contributed by atoms with Crippen molar-refractivity contribution in [3.63, 3.8) is 0 Å². The molecule has 0 heterocycles. The van der Waals surface area contributed by atoms with Crippen LogP contribution in [0, 0.1) is 23.2 Å². The standard InChI is InChI=1S/C37H64O6/c1-28(2)18-12-7-5-9-16-22-32(35(40)43-31-20-14-11-15-21-31)33(23-17-10-6-8-13-19-29(3)4)37(36(41)42)26-24-30(25-27-37)34(38)39/h28-31H,5-27H2,1-4H3,(H,38,39)(H,41,42). The smallest absolute Gasteiger partial charge is 0.334 e. The molecule has 0 saturated heterocycles. The van der Waals surface area contributed by atoms with Gasteiger partial charge in [-0.2, -0.15) is 0 Å². The van der Waals surface area contributed by atoms with Crippen LogP contribution in [0.4, 0.5) is 0 Å². The Kier molecular flexibility index (Phi) is 17.6. The summed E-state index contributed by atoms with van der Waals surface area (Å²) in [4.78, 5) is 38.8. The second-order valence-corrected chi connectivity index (χ2v) is 14.5. The summed E-state index contributed by atoms with van der Waals surface area (Å²) in [6.45, 7) is 9.01. The Morgan fingerprint density at radius 2 is 1.16 bits per heavy atom. The van der Waals surface area contributed by atoms with E-state index in [1.165, 1.54) is 44.9 Å². The van der Waals surface area contributed by atoms with Gasteiger partial charge in [0.05, 0.1) is 11.3 Å². The fourth-order valence-corrected chi connectivity index (χ4v) is 7.23. The monoisotopic (exact) mass is 604 g/mol. The van der Waals surface area contributed by atoms with Gasteiger partial charge in [0.1, 0.15) is 6.10 Å². The third-order valence-electron chi connectivity index (χ3n) is 10.0. The average Bonchev–Trinajstić information content (AvgIpc) is 2.96. The van der Waals surface area contributed by atoms with Crippen molar-refractivity contribution in [2.45, 2.75) is 181 Å². The van der Waals surface area contributed by atoms with Gasteiger partial charge in [-0.1, -0.05) is 98.3 Å². The van der Waals surface area contributed by atoms with Gasteiger partial charge in [0, 0.05) is 5.57 Å². The number of ether oxygens (including phenoxy) is 1. The largest absolute Gasteiger partial charge is 0.481 e. The summed E-state index contributed by atoms with van der Waals surface area (Å²) in [5.41, 5.74) is 0.178. The SMILES string of the molecule is CC(C)CCCCCCCC(C(=O)OC1CCCCC1)=C(CCCCCCCC(C)C)C1(C(=O)O)CCC(C(=O)O)CC1. The van der Waals surface area contributed by atoms with Crippen molar-refractivity contribution >= 4 is 17.9 Å². The first kappa shape index (κ1) is 37.3. The molecular weight excluding hydrogens is 540 g/mol. The van der Waals surface area contributed by atoms with Gasteiger partial charge in [-0.25, -0.2) is 4.79 Å². The molecule has 2 fully saturated rings. The first-order chi connectivity index (χ1) is 20.6. The molecule has 0 aromatic rings. The van der Waals surface area contributed by atoms with Gasteiger partial charge in [0.15, 0.2) is 0 Å². The molecule has 0 aromatic heterocycles. The van der Waals surface area contributed by atoms with Gasteiger partial charge in [-0.15, -0.1) is 0 Å². The summed E-state index contributed by atoms with van der Waals surface area (Å²) < 4.78 is 6.13. The summed E-state index contributed by atoms with van der Waals surface area (Å²) in [6.07, 6.45) is 20.5. The van der Waals surface area contributed by atoms with Crippen LogP contribution in [0.3, 0.4) is 0 Å². The van der Waals surface area contributed by atoms with E-state index in [4.69, 9.17) is 4.74 Å². The van der Waals surface area contributed by atoms with E-state index in [-0.39, 0.29) is 24.9 Å².